The van der Waals surface area contributed by atoms with Crippen LogP contribution >= 0.6 is 0 Å². The summed E-state index contributed by atoms with van der Waals surface area (Å²) in [6, 6.07) is 9.64. The van der Waals surface area contributed by atoms with Gasteiger partial charge in [0.2, 0.25) is 11.8 Å². The lowest BCUT2D eigenvalue weighted by Crippen LogP contribution is -2.56. The summed E-state index contributed by atoms with van der Waals surface area (Å²) in [5.41, 5.74) is 20.6. The van der Waals surface area contributed by atoms with Crippen molar-refractivity contribution in [3.63, 3.8) is 0 Å². The number of ether oxygens (including phenoxy) is 1. The van der Waals surface area contributed by atoms with Gasteiger partial charge in [0, 0.05) is 37.0 Å². The minimum Gasteiger partial charge on any atom is -0.491 e. The molecule has 1 aromatic heterocycles. The Morgan fingerprint density at radius 3 is 2.31 bits per heavy atom. The lowest BCUT2D eigenvalue weighted by Gasteiger charge is -2.26. The standard InChI is InChI=1S/C34H38N12O9/c35-17-5-3-16(4-6-17)10-25-31(50)42-19(2-1-9-39-34(37)38)15-55-27-8-7-18(11-21(27)28(47)40-14-22(36)30(49)45-25)41-29(48)20-12-23-24(13-26(20)46(53)54)44-33(52)32(51)43-23/h3-8,11-13,19,22,25H,1-2,9-10,14-15,35-36H2,(H,40,47)(H,41,48)(H,42,50)(H,43,51)(H,44,52)(H,45,49)(H4,37,38,39)/t19-,22+,25-/m0/s1. The van der Waals surface area contributed by atoms with Crippen LogP contribution in [-0.2, 0) is 16.0 Å². The van der Waals surface area contributed by atoms with E-state index in [4.69, 9.17) is 27.7 Å². The van der Waals surface area contributed by atoms with Crippen molar-refractivity contribution >= 4 is 57.7 Å². The molecule has 3 atom stereocenters. The molecule has 1 aliphatic heterocycles. The van der Waals surface area contributed by atoms with E-state index in [0.717, 1.165) is 12.1 Å². The molecule has 3 aromatic carbocycles. The zero-order chi connectivity index (χ0) is 39.8. The maximum Gasteiger partial charge on any atom is 0.314 e. The number of benzene rings is 3. The van der Waals surface area contributed by atoms with E-state index in [-0.39, 0.29) is 60.1 Å². The van der Waals surface area contributed by atoms with Gasteiger partial charge in [0.1, 0.15) is 30.0 Å². The molecule has 2 heterocycles. The molecule has 0 radical (unpaired) electrons. The molecule has 4 aromatic rings. The lowest BCUT2D eigenvalue weighted by atomic mass is 10.0. The van der Waals surface area contributed by atoms with E-state index >= 15 is 0 Å². The first kappa shape index (κ1) is 38.9. The highest BCUT2D eigenvalue weighted by molar-refractivity contribution is 6.09. The Morgan fingerprint density at radius 2 is 1.64 bits per heavy atom. The van der Waals surface area contributed by atoms with Crippen LogP contribution in [0.4, 0.5) is 17.1 Å². The zero-order valence-corrected chi connectivity index (χ0v) is 29.0. The van der Waals surface area contributed by atoms with Gasteiger partial charge in [-0.25, -0.2) is 0 Å². The van der Waals surface area contributed by atoms with Gasteiger partial charge in [0.15, 0.2) is 5.96 Å². The van der Waals surface area contributed by atoms with Crippen LogP contribution in [0.1, 0.15) is 39.1 Å². The number of carbonyl (C=O) groups excluding carboxylic acids is 4. The molecule has 0 saturated carbocycles. The van der Waals surface area contributed by atoms with Gasteiger partial charge in [-0.2, -0.15) is 0 Å². The number of nitro benzene ring substituents is 1. The van der Waals surface area contributed by atoms with Crippen LogP contribution in [0.2, 0.25) is 0 Å². The van der Waals surface area contributed by atoms with Crippen molar-refractivity contribution in [2.24, 2.45) is 22.2 Å². The van der Waals surface area contributed by atoms with Crippen LogP contribution in [0.15, 0.2) is 69.2 Å². The van der Waals surface area contributed by atoms with Crippen molar-refractivity contribution in [1.29, 1.82) is 0 Å². The zero-order valence-electron chi connectivity index (χ0n) is 29.0. The first-order chi connectivity index (χ1) is 26.2. The Hall–Kier alpha value is -7.29. The van der Waals surface area contributed by atoms with E-state index in [9.17, 15) is 38.9 Å². The van der Waals surface area contributed by atoms with E-state index in [2.05, 4.69) is 36.2 Å². The molecule has 5 rings (SSSR count). The number of nitrogen functional groups attached to an aromatic ring is 1. The van der Waals surface area contributed by atoms with Gasteiger partial charge in [0.25, 0.3) is 17.5 Å². The number of amides is 4. The number of guanidine groups is 1. The molecular weight excluding hydrogens is 720 g/mol. The number of anilines is 2. The summed E-state index contributed by atoms with van der Waals surface area (Å²) in [6.07, 6.45) is 0.814. The second kappa shape index (κ2) is 17.0. The Bertz CT molecular complexity index is 2280. The fourth-order valence-electron chi connectivity index (χ4n) is 5.60. The molecule has 55 heavy (non-hydrogen) atoms. The molecule has 288 valence electrons. The largest absolute Gasteiger partial charge is 0.491 e. The Kier molecular flexibility index (Phi) is 12.1. The molecule has 0 unspecified atom stereocenters. The average molecular weight is 759 g/mol. The number of aromatic nitrogens is 2. The van der Waals surface area contributed by atoms with Gasteiger partial charge in [-0.3, -0.25) is 43.9 Å². The van der Waals surface area contributed by atoms with Crippen molar-refractivity contribution in [1.82, 2.24) is 25.9 Å². The summed E-state index contributed by atoms with van der Waals surface area (Å²) < 4.78 is 6.06. The predicted octanol–water partition coefficient (Wildman–Crippen LogP) is -1.33. The molecule has 0 saturated heterocycles. The van der Waals surface area contributed by atoms with Gasteiger partial charge in [-0.05, 0) is 54.8 Å². The Labute approximate surface area is 310 Å². The Balaban J connectivity index is 1.44. The molecular formula is C34H38N12O9. The molecule has 0 bridgehead atoms. The molecule has 21 nitrogen and oxygen atoms in total. The number of nitrogens with two attached hydrogens (primary N) is 4. The van der Waals surface area contributed by atoms with Gasteiger partial charge in [0.05, 0.1) is 27.6 Å². The number of aromatic amines is 2. The third kappa shape index (κ3) is 9.98. The Morgan fingerprint density at radius 1 is 0.945 bits per heavy atom. The molecule has 0 aliphatic carbocycles. The number of nitrogens with one attached hydrogen (secondary N) is 6. The van der Waals surface area contributed by atoms with Crippen molar-refractivity contribution in [2.45, 2.75) is 37.4 Å². The maximum absolute atomic E-state index is 13.7. The van der Waals surface area contributed by atoms with E-state index < -0.39 is 69.0 Å². The van der Waals surface area contributed by atoms with Crippen molar-refractivity contribution in [2.75, 3.05) is 30.7 Å². The minimum atomic E-state index is -1.30. The first-order valence-electron chi connectivity index (χ1n) is 16.8. The predicted molar refractivity (Wildman–Crippen MR) is 200 cm³/mol. The van der Waals surface area contributed by atoms with Crippen molar-refractivity contribution in [3.05, 3.63) is 102 Å². The van der Waals surface area contributed by atoms with Crippen LogP contribution in [0.3, 0.4) is 0 Å². The highest BCUT2D eigenvalue weighted by Crippen LogP contribution is 2.27. The van der Waals surface area contributed by atoms with Crippen LogP contribution in [0, 0.1) is 10.1 Å². The second-order valence-corrected chi connectivity index (χ2v) is 12.5. The number of fused-ring (bicyclic) bond motifs is 2. The summed E-state index contributed by atoms with van der Waals surface area (Å²) >= 11 is 0. The molecule has 0 spiro atoms. The van der Waals surface area contributed by atoms with Crippen LogP contribution in [0.5, 0.6) is 5.75 Å². The monoisotopic (exact) mass is 758 g/mol. The van der Waals surface area contributed by atoms with Gasteiger partial charge in [-0.15, -0.1) is 0 Å². The van der Waals surface area contributed by atoms with Crippen molar-refractivity contribution < 1.29 is 28.8 Å². The van der Waals surface area contributed by atoms with Crippen LogP contribution < -0.4 is 60.1 Å². The number of hydrogen-bond donors (Lipinski definition) is 10. The SMILES string of the molecule is NC(N)=NCCC[C@H]1COc2ccc(NC(=O)c3cc4[nH]c(=O)c(=O)[nH]c4cc3[N+](=O)[O-])cc2C(=O)NC[C@@H](N)C(=O)N[C@@H](Cc2ccc(N)cc2)C(=O)N1. The normalized spacial score (nSPS) is 17.7. The third-order valence-electron chi connectivity index (χ3n) is 8.43. The van der Waals surface area contributed by atoms with E-state index in [1.54, 1.807) is 24.3 Å². The molecule has 4 amide bonds. The lowest BCUT2D eigenvalue weighted by molar-refractivity contribution is -0.385. The second-order valence-electron chi connectivity index (χ2n) is 12.5. The third-order valence-corrected chi connectivity index (χ3v) is 8.43. The highest BCUT2D eigenvalue weighted by Gasteiger charge is 2.28. The van der Waals surface area contributed by atoms with E-state index in [1.807, 2.05) is 0 Å². The minimum absolute atomic E-state index is 0.00242. The van der Waals surface area contributed by atoms with Gasteiger partial charge in [-0.1, -0.05) is 12.1 Å². The van der Waals surface area contributed by atoms with E-state index in [0.29, 0.717) is 24.1 Å². The summed E-state index contributed by atoms with van der Waals surface area (Å²) in [5, 5.41) is 22.5. The van der Waals surface area contributed by atoms with Crippen LogP contribution in [0.25, 0.3) is 11.0 Å². The fourth-order valence-corrected chi connectivity index (χ4v) is 5.60. The molecule has 0 fully saturated rings. The first-order valence-corrected chi connectivity index (χ1v) is 16.8. The summed E-state index contributed by atoms with van der Waals surface area (Å²) in [7, 11) is 0. The number of hydrogen-bond acceptors (Lipinski definition) is 12. The fraction of sp³-hybridized carbons (Fsp3) is 0.265. The summed E-state index contributed by atoms with van der Waals surface area (Å²) in [6.45, 7) is -0.292. The quantitative estimate of drug-likeness (QED) is 0.0180. The average Bonchev–Trinajstić information content (AvgIpc) is 3.14. The number of nitro groups is 1. The highest BCUT2D eigenvalue weighted by atomic mass is 16.6. The number of nitrogens with zero attached hydrogens (tertiary/aromatic N) is 2. The smallest absolute Gasteiger partial charge is 0.314 e. The summed E-state index contributed by atoms with van der Waals surface area (Å²) in [4.78, 5) is 97.0. The van der Waals surface area contributed by atoms with Gasteiger partial charge >= 0.3 is 11.1 Å². The molecule has 14 N–H and O–H groups in total. The maximum atomic E-state index is 13.7. The topological polar surface area (TPSA) is 351 Å². The molecule has 21 heteroatoms. The number of rotatable bonds is 9. The number of H-pyrrole nitrogens is 2. The number of carbonyl (C=O) groups is 4. The van der Waals surface area contributed by atoms with Gasteiger partial charge < -0.3 is 58.9 Å². The van der Waals surface area contributed by atoms with Crippen LogP contribution in [-0.4, -0.2) is 82.3 Å². The van der Waals surface area contributed by atoms with E-state index in [1.165, 1.54) is 18.2 Å². The number of aliphatic imine (C=N–C) groups is 1. The molecule has 1 aliphatic rings. The van der Waals surface area contributed by atoms with Crippen molar-refractivity contribution in [3.8, 4) is 5.75 Å². The summed E-state index contributed by atoms with van der Waals surface area (Å²) in [5.74, 6) is -3.10.